The van der Waals surface area contributed by atoms with Crippen LogP contribution in [0.3, 0.4) is 0 Å². The largest absolute Gasteiger partial charge is 0.338 e. The number of rotatable bonds is 9. The van der Waals surface area contributed by atoms with Crippen molar-refractivity contribution in [2.45, 2.75) is 52.7 Å². The fraction of sp³-hybridized carbons (Fsp3) is 0.458. The van der Waals surface area contributed by atoms with Crippen LogP contribution in [0.25, 0.3) is 0 Å². The average molecular weight is 383 g/mol. The van der Waals surface area contributed by atoms with Crippen LogP contribution in [0.5, 0.6) is 0 Å². The van der Waals surface area contributed by atoms with Crippen LogP contribution in [-0.4, -0.2) is 28.8 Å². The van der Waals surface area contributed by atoms with E-state index >= 15 is 0 Å². The summed E-state index contributed by atoms with van der Waals surface area (Å²) in [7, 11) is 0. The summed E-state index contributed by atoms with van der Waals surface area (Å²) in [4.78, 5) is 17.1. The molecule has 1 amide bonds. The van der Waals surface area contributed by atoms with Crippen molar-refractivity contribution in [3.8, 4) is 0 Å². The Labute approximate surface area is 168 Å². The molecule has 0 unspecified atom stereocenters. The number of amides is 1. The van der Waals surface area contributed by atoms with Gasteiger partial charge in [0.2, 0.25) is 5.91 Å². The van der Waals surface area contributed by atoms with E-state index in [-0.39, 0.29) is 11.7 Å². The molecule has 1 aliphatic heterocycles. The summed E-state index contributed by atoms with van der Waals surface area (Å²) in [6, 6.07) is 15.1. The molecule has 0 fully saturated rings. The molecule has 0 saturated carbocycles. The van der Waals surface area contributed by atoms with E-state index in [1.54, 1.807) is 12.1 Å². The van der Waals surface area contributed by atoms with E-state index in [9.17, 15) is 9.18 Å². The van der Waals surface area contributed by atoms with Gasteiger partial charge in [-0.2, -0.15) is 0 Å². The highest BCUT2D eigenvalue weighted by atomic mass is 19.1. The third-order valence-corrected chi connectivity index (χ3v) is 5.28. The van der Waals surface area contributed by atoms with Crippen LogP contribution in [0, 0.1) is 11.7 Å². The maximum atomic E-state index is 13.2. The number of fused-ring (bicyclic) bond motifs is 1. The molecule has 0 N–H and O–H groups in total. The fourth-order valence-corrected chi connectivity index (χ4v) is 3.78. The molecular formula is C24H31FN2O. The van der Waals surface area contributed by atoms with Crippen molar-refractivity contribution >= 4 is 5.91 Å². The molecule has 28 heavy (non-hydrogen) atoms. The van der Waals surface area contributed by atoms with Gasteiger partial charge in [-0.05, 0) is 54.1 Å². The highest BCUT2D eigenvalue weighted by molar-refractivity contribution is 5.76. The minimum Gasteiger partial charge on any atom is -0.338 e. The van der Waals surface area contributed by atoms with Gasteiger partial charge in [-0.3, -0.25) is 9.69 Å². The van der Waals surface area contributed by atoms with Crippen molar-refractivity contribution in [3.63, 3.8) is 0 Å². The van der Waals surface area contributed by atoms with Crippen molar-refractivity contribution in [3.05, 3.63) is 71.0 Å². The van der Waals surface area contributed by atoms with Gasteiger partial charge in [0.05, 0.1) is 0 Å². The summed E-state index contributed by atoms with van der Waals surface area (Å²) in [6.45, 7) is 8.56. The van der Waals surface area contributed by atoms with Crippen molar-refractivity contribution in [2.75, 3.05) is 13.1 Å². The second-order valence-corrected chi connectivity index (χ2v) is 8.23. The molecule has 2 aromatic rings. The fourth-order valence-electron chi connectivity index (χ4n) is 3.78. The van der Waals surface area contributed by atoms with E-state index in [4.69, 9.17) is 0 Å². The molecule has 2 aromatic carbocycles. The first-order chi connectivity index (χ1) is 13.5. The molecule has 0 saturated heterocycles. The molecule has 0 atom stereocenters. The number of benzene rings is 2. The summed E-state index contributed by atoms with van der Waals surface area (Å²) < 4.78 is 13.2. The molecule has 3 nitrogen and oxygen atoms in total. The predicted molar refractivity (Wildman–Crippen MR) is 111 cm³/mol. The molecule has 0 spiro atoms. The first-order valence-corrected chi connectivity index (χ1v) is 10.3. The quantitative estimate of drug-likeness (QED) is 0.570. The third kappa shape index (κ3) is 5.90. The molecule has 4 heteroatoms. The van der Waals surface area contributed by atoms with E-state index in [1.807, 2.05) is 4.90 Å². The number of unbranched alkanes of at least 4 members (excludes halogenated alkanes) is 1. The average Bonchev–Trinajstić information content (AvgIpc) is 3.08. The number of carbonyl (C=O) groups excluding carboxylic acids is 1. The van der Waals surface area contributed by atoms with Gasteiger partial charge in [-0.25, -0.2) is 4.39 Å². The zero-order chi connectivity index (χ0) is 19.9. The molecule has 0 aromatic heterocycles. The Morgan fingerprint density at radius 1 is 1.04 bits per heavy atom. The van der Waals surface area contributed by atoms with Crippen LogP contribution in [0.2, 0.25) is 0 Å². The maximum absolute atomic E-state index is 13.2. The van der Waals surface area contributed by atoms with Gasteiger partial charge in [-0.1, -0.05) is 50.2 Å². The van der Waals surface area contributed by atoms with Crippen LogP contribution in [0.4, 0.5) is 4.39 Å². The Kier molecular flexibility index (Phi) is 7.21. The Balaban J connectivity index is 1.48. The predicted octanol–water partition coefficient (Wildman–Crippen LogP) is 5.00. The van der Waals surface area contributed by atoms with E-state index in [0.29, 0.717) is 18.9 Å². The Morgan fingerprint density at radius 2 is 1.68 bits per heavy atom. The normalized spacial score (nSPS) is 13.7. The summed E-state index contributed by atoms with van der Waals surface area (Å²) in [6.07, 6.45) is 2.61. The summed E-state index contributed by atoms with van der Waals surface area (Å²) in [5.41, 5.74) is 3.86. The summed E-state index contributed by atoms with van der Waals surface area (Å²) in [5.74, 6) is 0.287. The van der Waals surface area contributed by atoms with Gasteiger partial charge in [-0.15, -0.1) is 0 Å². The zero-order valence-electron chi connectivity index (χ0n) is 17.0. The van der Waals surface area contributed by atoms with Crippen LogP contribution in [0.1, 0.15) is 49.8 Å². The second-order valence-electron chi connectivity index (χ2n) is 8.23. The van der Waals surface area contributed by atoms with Crippen LogP contribution in [0.15, 0.2) is 48.5 Å². The highest BCUT2D eigenvalue weighted by Crippen LogP contribution is 2.22. The lowest BCUT2D eigenvalue weighted by Gasteiger charge is -2.24. The highest BCUT2D eigenvalue weighted by Gasteiger charge is 2.18. The molecule has 3 rings (SSSR count). The number of halogens is 1. The molecule has 0 radical (unpaired) electrons. The topological polar surface area (TPSA) is 23.6 Å². The number of nitrogens with zero attached hydrogens (tertiary/aromatic N) is 2. The monoisotopic (exact) mass is 382 g/mol. The summed E-state index contributed by atoms with van der Waals surface area (Å²) >= 11 is 0. The second kappa shape index (κ2) is 9.83. The van der Waals surface area contributed by atoms with Gasteiger partial charge in [0.25, 0.3) is 0 Å². The standard InChI is InChI=1S/C24H31FN2O/c1-19(2)15-24(28)27(16-20-9-11-23(25)12-10-20)14-6-5-13-26-17-21-7-3-4-8-22(21)18-26/h3-4,7-12,19H,5-6,13-18H2,1-2H3. The molecular weight excluding hydrogens is 351 g/mol. The lowest BCUT2D eigenvalue weighted by molar-refractivity contribution is -0.132. The Morgan fingerprint density at radius 3 is 2.29 bits per heavy atom. The first-order valence-electron chi connectivity index (χ1n) is 10.3. The van der Waals surface area contributed by atoms with Gasteiger partial charge >= 0.3 is 0 Å². The molecule has 1 aliphatic rings. The van der Waals surface area contributed by atoms with Crippen LogP contribution >= 0.6 is 0 Å². The van der Waals surface area contributed by atoms with Crippen LogP contribution < -0.4 is 0 Å². The Bertz CT molecular complexity index is 747. The lowest BCUT2D eigenvalue weighted by Crippen LogP contribution is -2.32. The molecule has 0 bridgehead atoms. The van der Waals surface area contributed by atoms with Crippen molar-refractivity contribution < 1.29 is 9.18 Å². The van der Waals surface area contributed by atoms with E-state index in [1.165, 1.54) is 23.3 Å². The minimum atomic E-state index is -0.240. The number of hydrogen-bond donors (Lipinski definition) is 0. The van der Waals surface area contributed by atoms with Gasteiger partial charge in [0.1, 0.15) is 5.82 Å². The van der Waals surface area contributed by atoms with E-state index < -0.39 is 0 Å². The Hall–Kier alpha value is -2.20. The van der Waals surface area contributed by atoms with E-state index in [2.05, 4.69) is 43.0 Å². The number of carbonyl (C=O) groups is 1. The molecule has 150 valence electrons. The maximum Gasteiger partial charge on any atom is 0.223 e. The van der Waals surface area contributed by atoms with Gasteiger partial charge < -0.3 is 4.90 Å². The minimum absolute atomic E-state index is 0.188. The zero-order valence-corrected chi connectivity index (χ0v) is 17.0. The van der Waals surface area contributed by atoms with E-state index in [0.717, 1.165) is 44.6 Å². The van der Waals surface area contributed by atoms with Gasteiger partial charge in [0.15, 0.2) is 0 Å². The van der Waals surface area contributed by atoms with Crippen molar-refractivity contribution in [2.24, 2.45) is 5.92 Å². The third-order valence-electron chi connectivity index (χ3n) is 5.28. The molecule has 1 heterocycles. The van der Waals surface area contributed by atoms with Gasteiger partial charge in [0, 0.05) is 32.6 Å². The molecule has 0 aliphatic carbocycles. The van der Waals surface area contributed by atoms with Crippen molar-refractivity contribution in [1.29, 1.82) is 0 Å². The smallest absolute Gasteiger partial charge is 0.223 e. The van der Waals surface area contributed by atoms with Crippen LogP contribution in [-0.2, 0) is 24.4 Å². The first kappa shape index (κ1) is 20.5. The SMILES string of the molecule is CC(C)CC(=O)N(CCCCN1Cc2ccccc2C1)Cc1ccc(F)cc1. The summed E-state index contributed by atoms with van der Waals surface area (Å²) in [5, 5.41) is 0. The lowest BCUT2D eigenvalue weighted by atomic mass is 10.1. The van der Waals surface area contributed by atoms with Crippen molar-refractivity contribution in [1.82, 2.24) is 9.80 Å². The number of hydrogen-bond acceptors (Lipinski definition) is 2.